The highest BCUT2D eigenvalue weighted by atomic mass is 16.5. The van der Waals surface area contributed by atoms with Gasteiger partial charge in [0.05, 0.1) is 18.8 Å². The Morgan fingerprint density at radius 1 is 1.44 bits per heavy atom. The van der Waals surface area contributed by atoms with Crippen molar-refractivity contribution < 1.29 is 14.6 Å². The van der Waals surface area contributed by atoms with E-state index in [2.05, 4.69) is 10.6 Å². The van der Waals surface area contributed by atoms with Crippen LogP contribution in [0.3, 0.4) is 0 Å². The second-order valence-corrected chi connectivity index (χ2v) is 4.13. The summed E-state index contributed by atoms with van der Waals surface area (Å²) < 4.78 is 5.54. The molecule has 5 heteroatoms. The van der Waals surface area contributed by atoms with E-state index in [4.69, 9.17) is 4.74 Å². The summed E-state index contributed by atoms with van der Waals surface area (Å²) in [6, 6.07) is -0.248. The number of nitrogens with one attached hydrogen (secondary N) is 2. The Morgan fingerprint density at radius 2 is 2.12 bits per heavy atom. The fourth-order valence-corrected chi connectivity index (χ4v) is 1.79. The molecule has 0 heterocycles. The third kappa shape index (κ3) is 5.32. The van der Waals surface area contributed by atoms with E-state index >= 15 is 0 Å². The molecule has 0 radical (unpaired) electrons. The maximum Gasteiger partial charge on any atom is 0.314 e. The monoisotopic (exact) mass is 230 g/mol. The maximum atomic E-state index is 11.0. The van der Waals surface area contributed by atoms with Crippen molar-refractivity contribution >= 4 is 6.03 Å². The number of rotatable bonds is 6. The fraction of sp³-hybridized carbons (Fsp3) is 0.909. The molecule has 0 aromatic rings. The lowest BCUT2D eigenvalue weighted by Crippen LogP contribution is -2.41. The van der Waals surface area contributed by atoms with Crippen molar-refractivity contribution in [2.45, 2.75) is 44.8 Å². The summed E-state index contributed by atoms with van der Waals surface area (Å²) in [6.45, 7) is 2.97. The lowest BCUT2D eigenvalue weighted by molar-refractivity contribution is -0.00450. The van der Waals surface area contributed by atoms with Crippen LogP contribution in [-0.2, 0) is 4.74 Å². The first kappa shape index (κ1) is 13.3. The number of amides is 2. The Hall–Kier alpha value is -0.810. The number of hydrogen-bond acceptors (Lipinski definition) is 3. The summed E-state index contributed by atoms with van der Waals surface area (Å²) in [5.41, 5.74) is 0. The lowest BCUT2D eigenvalue weighted by atomic mass is 10.3. The van der Waals surface area contributed by atoms with Crippen LogP contribution in [0.1, 0.15) is 32.6 Å². The second-order valence-electron chi connectivity index (χ2n) is 4.13. The molecule has 0 aliphatic heterocycles. The molecule has 2 amide bonds. The number of hydrogen-bond donors (Lipinski definition) is 3. The van der Waals surface area contributed by atoms with Gasteiger partial charge in [-0.3, -0.25) is 0 Å². The van der Waals surface area contributed by atoms with Gasteiger partial charge in [0.15, 0.2) is 0 Å². The van der Waals surface area contributed by atoms with Crippen LogP contribution in [0.15, 0.2) is 0 Å². The van der Waals surface area contributed by atoms with Crippen molar-refractivity contribution in [3.63, 3.8) is 0 Å². The van der Waals surface area contributed by atoms with Crippen molar-refractivity contribution in [3.8, 4) is 0 Å². The summed E-state index contributed by atoms with van der Waals surface area (Å²) in [7, 11) is 0. The molecule has 3 N–H and O–H groups in total. The van der Waals surface area contributed by atoms with Gasteiger partial charge < -0.3 is 20.5 Å². The van der Waals surface area contributed by atoms with Gasteiger partial charge >= 0.3 is 6.03 Å². The molecule has 1 unspecified atom stereocenters. The van der Waals surface area contributed by atoms with Gasteiger partial charge in [-0.1, -0.05) is 12.8 Å². The van der Waals surface area contributed by atoms with E-state index < -0.39 is 6.10 Å². The van der Waals surface area contributed by atoms with Crippen molar-refractivity contribution in [3.05, 3.63) is 0 Å². The second kappa shape index (κ2) is 7.46. The smallest absolute Gasteiger partial charge is 0.314 e. The Morgan fingerprint density at radius 3 is 2.75 bits per heavy atom. The quantitative estimate of drug-likeness (QED) is 0.626. The minimum Gasteiger partial charge on any atom is -0.389 e. The lowest BCUT2D eigenvalue weighted by Gasteiger charge is -2.16. The Labute approximate surface area is 96.6 Å². The van der Waals surface area contributed by atoms with Gasteiger partial charge in [-0.15, -0.1) is 0 Å². The predicted octanol–water partition coefficient (Wildman–Crippen LogP) is 0.626. The third-order valence-corrected chi connectivity index (χ3v) is 2.66. The first-order valence-corrected chi connectivity index (χ1v) is 6.03. The van der Waals surface area contributed by atoms with Crippen molar-refractivity contribution in [1.82, 2.24) is 10.6 Å². The van der Waals surface area contributed by atoms with Gasteiger partial charge in [0.1, 0.15) is 0 Å². The van der Waals surface area contributed by atoms with Gasteiger partial charge in [-0.2, -0.15) is 0 Å². The van der Waals surface area contributed by atoms with Crippen LogP contribution in [0, 0.1) is 0 Å². The third-order valence-electron chi connectivity index (χ3n) is 2.66. The number of urea groups is 1. The molecule has 0 bridgehead atoms. The van der Waals surface area contributed by atoms with Crippen LogP contribution in [-0.4, -0.2) is 43.0 Å². The number of aliphatic hydroxyl groups excluding tert-OH is 1. The summed E-state index contributed by atoms with van der Waals surface area (Å²) in [6.07, 6.45) is 4.31. The molecule has 0 saturated heterocycles. The molecule has 1 aliphatic rings. The zero-order chi connectivity index (χ0) is 11.8. The number of aliphatic hydroxyl groups is 1. The van der Waals surface area contributed by atoms with Gasteiger partial charge in [0.25, 0.3) is 0 Å². The van der Waals surface area contributed by atoms with Gasteiger partial charge in [0.2, 0.25) is 0 Å². The molecular weight excluding hydrogens is 208 g/mol. The summed E-state index contributed by atoms with van der Waals surface area (Å²) in [5.74, 6) is 0. The van der Waals surface area contributed by atoms with Crippen LogP contribution in [0.2, 0.25) is 0 Å². The molecule has 0 spiro atoms. The van der Waals surface area contributed by atoms with Crippen LogP contribution in [0.25, 0.3) is 0 Å². The zero-order valence-corrected chi connectivity index (χ0v) is 9.87. The highest BCUT2D eigenvalue weighted by Gasteiger charge is 2.16. The van der Waals surface area contributed by atoms with Crippen molar-refractivity contribution in [2.75, 3.05) is 19.7 Å². The van der Waals surface area contributed by atoms with Crippen LogP contribution < -0.4 is 10.6 Å². The average Bonchev–Trinajstić information content (AvgIpc) is 2.77. The first-order chi connectivity index (χ1) is 7.72. The molecule has 1 atom stereocenters. The zero-order valence-electron chi connectivity index (χ0n) is 9.87. The van der Waals surface area contributed by atoms with Gasteiger partial charge in [-0.05, 0) is 19.8 Å². The predicted molar refractivity (Wildman–Crippen MR) is 61.3 cm³/mol. The number of ether oxygens (including phenoxy) is 1. The van der Waals surface area contributed by atoms with Crippen LogP contribution in [0.5, 0.6) is 0 Å². The van der Waals surface area contributed by atoms with E-state index in [-0.39, 0.29) is 12.6 Å². The molecule has 1 fully saturated rings. The normalized spacial score (nSPS) is 18.4. The van der Waals surface area contributed by atoms with E-state index in [0.29, 0.717) is 19.3 Å². The minimum absolute atomic E-state index is 0.235. The molecule has 16 heavy (non-hydrogen) atoms. The first-order valence-electron chi connectivity index (χ1n) is 6.03. The molecule has 0 aromatic carbocycles. The van der Waals surface area contributed by atoms with Gasteiger partial charge in [0, 0.05) is 13.1 Å². The Balaban J connectivity index is 2.01. The molecule has 5 nitrogen and oxygen atoms in total. The van der Waals surface area contributed by atoms with Crippen molar-refractivity contribution in [1.29, 1.82) is 0 Å². The summed E-state index contributed by atoms with van der Waals surface area (Å²) in [5, 5.41) is 14.7. The van der Waals surface area contributed by atoms with E-state index in [0.717, 1.165) is 12.8 Å². The van der Waals surface area contributed by atoms with Crippen LogP contribution in [0.4, 0.5) is 4.79 Å². The SMILES string of the molecule is CCNC(=O)NCC(O)COC1CCCC1. The van der Waals surface area contributed by atoms with Crippen molar-refractivity contribution in [2.24, 2.45) is 0 Å². The number of carbonyl (C=O) groups excluding carboxylic acids is 1. The summed E-state index contributed by atoms with van der Waals surface area (Å²) in [4.78, 5) is 11.0. The molecule has 1 rings (SSSR count). The standard InChI is InChI=1S/C11H22N2O3/c1-2-12-11(15)13-7-9(14)8-16-10-5-3-4-6-10/h9-10,14H,2-8H2,1H3,(H2,12,13,15). The molecule has 1 aliphatic carbocycles. The Kier molecular flexibility index (Phi) is 6.18. The van der Waals surface area contributed by atoms with Gasteiger partial charge in [-0.25, -0.2) is 4.79 Å². The van der Waals surface area contributed by atoms with E-state index in [1.54, 1.807) is 0 Å². The fourth-order valence-electron chi connectivity index (χ4n) is 1.79. The molecule has 94 valence electrons. The average molecular weight is 230 g/mol. The topological polar surface area (TPSA) is 70.6 Å². The van der Waals surface area contributed by atoms with Crippen LogP contribution >= 0.6 is 0 Å². The number of carbonyl (C=O) groups is 1. The molecule has 1 saturated carbocycles. The maximum absolute atomic E-state index is 11.0. The van der Waals surface area contributed by atoms with E-state index in [9.17, 15) is 9.90 Å². The largest absolute Gasteiger partial charge is 0.389 e. The molecular formula is C11H22N2O3. The van der Waals surface area contributed by atoms with E-state index in [1.165, 1.54) is 12.8 Å². The Bertz CT molecular complexity index is 205. The highest BCUT2D eigenvalue weighted by molar-refractivity contribution is 5.73. The minimum atomic E-state index is -0.622. The van der Waals surface area contributed by atoms with E-state index in [1.807, 2.05) is 6.92 Å². The highest BCUT2D eigenvalue weighted by Crippen LogP contribution is 2.20. The molecule has 0 aromatic heterocycles. The summed E-state index contributed by atoms with van der Waals surface area (Å²) >= 11 is 0.